The maximum atomic E-state index is 15.0. The van der Waals surface area contributed by atoms with Gasteiger partial charge < -0.3 is 4.57 Å². The summed E-state index contributed by atoms with van der Waals surface area (Å²) in [5.74, 6) is -0.112. The van der Waals surface area contributed by atoms with Crippen molar-refractivity contribution in [3.63, 3.8) is 0 Å². The van der Waals surface area contributed by atoms with E-state index in [1.807, 2.05) is 13.8 Å². The molecular formula is C24H24F2N2O2S2. The summed E-state index contributed by atoms with van der Waals surface area (Å²) in [6.07, 6.45) is 1.64. The lowest BCUT2D eigenvalue weighted by Crippen LogP contribution is -2.20. The number of carbonyl (C=O) groups is 1. The van der Waals surface area contributed by atoms with E-state index in [1.165, 1.54) is 41.0 Å². The molecule has 3 rings (SSSR count). The number of nitrogens with one attached hydrogen (secondary N) is 1. The lowest BCUT2D eigenvalue weighted by Gasteiger charge is -2.20. The van der Waals surface area contributed by atoms with E-state index in [2.05, 4.69) is 17.5 Å². The third kappa shape index (κ3) is 5.14. The van der Waals surface area contributed by atoms with Crippen LogP contribution in [0.25, 0.3) is 11.1 Å². The van der Waals surface area contributed by atoms with Gasteiger partial charge in [-0.3, -0.25) is 14.3 Å². The van der Waals surface area contributed by atoms with Crippen molar-refractivity contribution in [3.05, 3.63) is 92.9 Å². The van der Waals surface area contributed by atoms with Crippen LogP contribution in [0.3, 0.4) is 0 Å². The Hall–Kier alpha value is -2.42. The van der Waals surface area contributed by atoms with Crippen LogP contribution in [0.15, 0.2) is 53.5 Å². The number of aromatic nitrogens is 1. The molecule has 1 unspecified atom stereocenters. The average molecular weight is 475 g/mol. The van der Waals surface area contributed by atoms with Crippen LogP contribution < -0.4 is 10.3 Å². The van der Waals surface area contributed by atoms with E-state index in [-0.39, 0.29) is 22.7 Å². The van der Waals surface area contributed by atoms with Crippen LogP contribution in [0, 0.1) is 11.6 Å². The molecule has 0 bridgehead atoms. The monoisotopic (exact) mass is 474 g/mol. The molecule has 0 saturated heterocycles. The summed E-state index contributed by atoms with van der Waals surface area (Å²) in [6, 6.07) is 9.22. The highest BCUT2D eigenvalue weighted by atomic mass is 32.2. The summed E-state index contributed by atoms with van der Waals surface area (Å²) >= 11 is 5.70. The zero-order valence-corrected chi connectivity index (χ0v) is 19.7. The molecule has 0 amide bonds. The number of hydrogen-bond donors (Lipinski definition) is 2. The molecule has 1 N–H and O–H groups in total. The normalized spacial score (nSPS) is 12.1. The number of carbonyl (C=O) groups excluding carboxylic acids is 1. The largest absolute Gasteiger partial charge is 0.318 e. The SMILES string of the molecule is CCSCc1cc(-c2cn(C)c(=O)cc2C(C)NS)c(C(=O)c2ccc(F)cc2)cc1F. The Labute approximate surface area is 195 Å². The number of rotatable bonds is 8. The van der Waals surface area contributed by atoms with Gasteiger partial charge in [0.1, 0.15) is 11.6 Å². The first-order chi connectivity index (χ1) is 15.3. The predicted octanol–water partition coefficient (Wildman–Crippen LogP) is 5.31. The van der Waals surface area contributed by atoms with E-state index in [4.69, 9.17) is 0 Å². The molecule has 4 nitrogen and oxygen atoms in total. The summed E-state index contributed by atoms with van der Waals surface area (Å²) in [7, 11) is 1.62. The molecule has 168 valence electrons. The maximum Gasteiger partial charge on any atom is 0.250 e. The molecule has 0 aliphatic carbocycles. The number of thioether (sulfide) groups is 1. The van der Waals surface area contributed by atoms with Gasteiger partial charge in [-0.05, 0) is 65.8 Å². The van der Waals surface area contributed by atoms with Crippen molar-refractivity contribution in [2.24, 2.45) is 7.05 Å². The molecule has 8 heteroatoms. The highest BCUT2D eigenvalue weighted by Gasteiger charge is 2.22. The van der Waals surface area contributed by atoms with Crippen molar-refractivity contribution in [1.29, 1.82) is 0 Å². The number of nitrogens with zero attached hydrogens (tertiary/aromatic N) is 1. The number of benzene rings is 2. The molecule has 32 heavy (non-hydrogen) atoms. The Morgan fingerprint density at radius 3 is 2.47 bits per heavy atom. The molecule has 1 atom stereocenters. The first-order valence-corrected chi connectivity index (χ1v) is 11.7. The molecule has 0 spiro atoms. The fourth-order valence-corrected chi connectivity index (χ4v) is 4.19. The Morgan fingerprint density at radius 2 is 1.84 bits per heavy atom. The second-order valence-corrected chi connectivity index (χ2v) is 8.94. The smallest absolute Gasteiger partial charge is 0.250 e. The zero-order valence-electron chi connectivity index (χ0n) is 18.0. The molecule has 0 fully saturated rings. The first kappa shape index (κ1) is 24.2. The van der Waals surface area contributed by atoms with E-state index in [0.717, 1.165) is 5.75 Å². The molecule has 3 aromatic rings. The Morgan fingerprint density at radius 1 is 1.16 bits per heavy atom. The van der Waals surface area contributed by atoms with Gasteiger partial charge in [-0.15, -0.1) is 0 Å². The molecule has 1 heterocycles. The second kappa shape index (κ2) is 10.5. The molecule has 0 radical (unpaired) electrons. The highest BCUT2D eigenvalue weighted by Crippen LogP contribution is 2.34. The van der Waals surface area contributed by atoms with Crippen LogP contribution in [-0.4, -0.2) is 16.1 Å². The van der Waals surface area contributed by atoms with Crippen molar-refractivity contribution in [1.82, 2.24) is 9.29 Å². The number of halogens is 2. The van der Waals surface area contributed by atoms with Crippen LogP contribution in [-0.2, 0) is 12.8 Å². The Kier molecular flexibility index (Phi) is 7.92. The minimum atomic E-state index is -0.480. The number of hydrogen-bond acceptors (Lipinski definition) is 5. The van der Waals surface area contributed by atoms with Crippen LogP contribution in [0.1, 0.15) is 46.9 Å². The van der Waals surface area contributed by atoms with Gasteiger partial charge in [0, 0.05) is 47.8 Å². The minimum Gasteiger partial charge on any atom is -0.318 e. The topological polar surface area (TPSA) is 51.1 Å². The van der Waals surface area contributed by atoms with Gasteiger partial charge in [-0.1, -0.05) is 19.7 Å². The average Bonchev–Trinajstić information content (AvgIpc) is 2.79. The van der Waals surface area contributed by atoms with Crippen LogP contribution in [0.2, 0.25) is 0 Å². The third-order valence-electron chi connectivity index (χ3n) is 5.21. The van der Waals surface area contributed by atoms with Gasteiger partial charge in [-0.2, -0.15) is 11.8 Å². The Balaban J connectivity index is 2.30. The van der Waals surface area contributed by atoms with Crippen molar-refractivity contribution in [2.45, 2.75) is 25.6 Å². The lowest BCUT2D eigenvalue weighted by atomic mass is 9.89. The second-order valence-electron chi connectivity index (χ2n) is 7.40. The summed E-state index contributed by atoms with van der Waals surface area (Å²) in [5, 5.41) is 0. The standard InChI is InChI=1S/C24H24F2N2O2S2/c1-4-32-13-16-9-19(21-12-28(3)23(29)11-18(21)14(2)27-31)20(10-22(16)26)24(30)15-5-7-17(25)8-6-15/h5-12,14,27,31H,4,13H2,1-3H3. The van der Waals surface area contributed by atoms with E-state index in [0.29, 0.717) is 28.0 Å². The van der Waals surface area contributed by atoms with Gasteiger partial charge in [0.15, 0.2) is 5.78 Å². The van der Waals surface area contributed by atoms with Crippen molar-refractivity contribution < 1.29 is 13.6 Å². The highest BCUT2D eigenvalue weighted by molar-refractivity contribution is 7.98. The van der Waals surface area contributed by atoms with Gasteiger partial charge in [0.25, 0.3) is 5.56 Å². The summed E-state index contributed by atoms with van der Waals surface area (Å²) in [4.78, 5) is 25.7. The van der Waals surface area contributed by atoms with Crippen molar-refractivity contribution in [3.8, 4) is 11.1 Å². The van der Waals surface area contributed by atoms with Crippen LogP contribution in [0.4, 0.5) is 8.78 Å². The molecule has 0 aliphatic rings. The molecule has 1 aromatic heterocycles. The number of ketones is 1. The van der Waals surface area contributed by atoms with E-state index < -0.39 is 17.4 Å². The first-order valence-electron chi connectivity index (χ1n) is 10.1. The van der Waals surface area contributed by atoms with E-state index in [1.54, 1.807) is 31.1 Å². The molecule has 0 saturated carbocycles. The number of pyridine rings is 1. The zero-order chi connectivity index (χ0) is 23.4. The van der Waals surface area contributed by atoms with Crippen LogP contribution in [0.5, 0.6) is 0 Å². The van der Waals surface area contributed by atoms with Gasteiger partial charge >= 0.3 is 0 Å². The van der Waals surface area contributed by atoms with Gasteiger partial charge in [0.2, 0.25) is 0 Å². The van der Waals surface area contributed by atoms with Crippen molar-refractivity contribution >= 4 is 30.4 Å². The maximum absolute atomic E-state index is 15.0. The van der Waals surface area contributed by atoms with E-state index in [9.17, 15) is 18.4 Å². The molecule has 2 aromatic carbocycles. The third-order valence-corrected chi connectivity index (χ3v) is 6.52. The van der Waals surface area contributed by atoms with Gasteiger partial charge in [-0.25, -0.2) is 8.78 Å². The fourth-order valence-electron chi connectivity index (χ4n) is 3.41. The number of aryl methyl sites for hydroxylation is 1. The van der Waals surface area contributed by atoms with Crippen molar-refractivity contribution in [2.75, 3.05) is 5.75 Å². The minimum absolute atomic E-state index is 0.144. The molecule has 0 aliphatic heterocycles. The van der Waals surface area contributed by atoms with Crippen LogP contribution >= 0.6 is 24.6 Å². The van der Waals surface area contributed by atoms with Gasteiger partial charge in [0.05, 0.1) is 0 Å². The summed E-state index contributed by atoms with van der Waals surface area (Å²) < 4.78 is 32.6. The summed E-state index contributed by atoms with van der Waals surface area (Å²) in [5.41, 5.74) is 2.41. The quantitative estimate of drug-likeness (QED) is 0.343. The fraction of sp³-hybridized carbons (Fsp3) is 0.250. The Bertz CT molecular complexity index is 1190. The van der Waals surface area contributed by atoms with E-state index >= 15 is 0 Å². The molecular weight excluding hydrogens is 450 g/mol. The lowest BCUT2D eigenvalue weighted by molar-refractivity contribution is 0.103. The number of thiol groups is 1. The predicted molar refractivity (Wildman–Crippen MR) is 129 cm³/mol. The summed E-state index contributed by atoms with van der Waals surface area (Å²) in [6.45, 7) is 3.82.